The highest BCUT2D eigenvalue weighted by Crippen LogP contribution is 2.32. The monoisotopic (exact) mass is 421 g/mol. The molecular formula is C18H20ClN5O3S. The van der Waals surface area contributed by atoms with Gasteiger partial charge in [0.2, 0.25) is 10.0 Å². The number of halogens is 1. The minimum atomic E-state index is -3.46. The van der Waals surface area contributed by atoms with Gasteiger partial charge in [0.15, 0.2) is 0 Å². The molecule has 0 saturated carbocycles. The molecule has 2 N–H and O–H groups in total. The summed E-state index contributed by atoms with van der Waals surface area (Å²) in [6.45, 7) is 0.606. The Balaban J connectivity index is 1.56. The summed E-state index contributed by atoms with van der Waals surface area (Å²) in [5.74, 6) is 1.17. The molecular weight excluding hydrogens is 402 g/mol. The molecule has 0 radical (unpaired) electrons. The smallest absolute Gasteiger partial charge is 0.214 e. The first-order valence-electron chi connectivity index (χ1n) is 8.81. The van der Waals surface area contributed by atoms with Crippen LogP contribution in [0.1, 0.15) is 0 Å². The van der Waals surface area contributed by atoms with Gasteiger partial charge in [0, 0.05) is 31.9 Å². The lowest BCUT2D eigenvalue weighted by Crippen LogP contribution is -2.60. The quantitative estimate of drug-likeness (QED) is 0.623. The Morgan fingerprint density at radius 1 is 1.32 bits per heavy atom. The molecule has 0 aliphatic carbocycles. The van der Waals surface area contributed by atoms with E-state index in [1.807, 2.05) is 46.8 Å². The maximum atomic E-state index is 11.7. The Bertz CT molecular complexity index is 1130. The molecule has 0 unspecified atom stereocenters. The standard InChI is InChI=1S/C18H20ClN5O3S/c1-23-16-5-3-2-4-15(16)21-18(23)13-8-17(20-9-14(13)19)24-10-12(11-24)22-28(26,27)7-6-25/h2-5,8-9,12,22,25H,6-7,10-11H2,1H3. The second-order valence-corrected chi connectivity index (χ2v) is 9.05. The molecule has 10 heteroatoms. The first kappa shape index (κ1) is 19.1. The molecule has 0 spiro atoms. The largest absolute Gasteiger partial charge is 0.395 e. The first-order chi connectivity index (χ1) is 13.4. The van der Waals surface area contributed by atoms with Crippen molar-refractivity contribution in [3.8, 4) is 11.4 Å². The van der Waals surface area contributed by atoms with E-state index in [1.54, 1.807) is 6.20 Å². The van der Waals surface area contributed by atoms with E-state index in [0.29, 0.717) is 23.9 Å². The average molecular weight is 422 g/mol. The lowest BCUT2D eigenvalue weighted by atomic mass is 10.1. The van der Waals surface area contributed by atoms with Crippen LogP contribution in [0, 0.1) is 0 Å². The molecule has 3 aromatic rings. The van der Waals surface area contributed by atoms with Gasteiger partial charge in [-0.15, -0.1) is 0 Å². The number of nitrogens with one attached hydrogen (secondary N) is 1. The summed E-state index contributed by atoms with van der Waals surface area (Å²) in [7, 11) is -1.52. The predicted octanol–water partition coefficient (Wildman–Crippen LogP) is 1.39. The van der Waals surface area contributed by atoms with Crippen molar-refractivity contribution < 1.29 is 13.5 Å². The number of aliphatic hydroxyl groups excluding tert-OH is 1. The highest BCUT2D eigenvalue weighted by atomic mass is 35.5. The topological polar surface area (TPSA) is 100 Å². The van der Waals surface area contributed by atoms with Crippen LogP contribution in [-0.2, 0) is 17.1 Å². The van der Waals surface area contributed by atoms with E-state index >= 15 is 0 Å². The van der Waals surface area contributed by atoms with Gasteiger partial charge in [-0.2, -0.15) is 0 Å². The normalized spacial score (nSPS) is 15.2. The van der Waals surface area contributed by atoms with Crippen molar-refractivity contribution in [3.63, 3.8) is 0 Å². The maximum absolute atomic E-state index is 11.7. The predicted molar refractivity (Wildman–Crippen MR) is 109 cm³/mol. The van der Waals surface area contributed by atoms with Crippen molar-refractivity contribution >= 4 is 38.5 Å². The summed E-state index contributed by atoms with van der Waals surface area (Å²) in [5, 5.41) is 9.32. The van der Waals surface area contributed by atoms with E-state index in [1.165, 1.54) is 0 Å². The summed E-state index contributed by atoms with van der Waals surface area (Å²) in [5.41, 5.74) is 2.67. The van der Waals surface area contributed by atoms with Gasteiger partial charge in [0.1, 0.15) is 11.6 Å². The van der Waals surface area contributed by atoms with Crippen molar-refractivity contribution in [2.75, 3.05) is 30.3 Å². The molecule has 148 valence electrons. The zero-order chi connectivity index (χ0) is 19.9. The number of aryl methyl sites for hydroxylation is 1. The molecule has 4 rings (SSSR count). The van der Waals surface area contributed by atoms with E-state index in [4.69, 9.17) is 16.7 Å². The number of sulfonamides is 1. The Morgan fingerprint density at radius 2 is 2.07 bits per heavy atom. The number of anilines is 1. The van der Waals surface area contributed by atoms with Crippen LogP contribution in [0.2, 0.25) is 5.02 Å². The fourth-order valence-corrected chi connectivity index (χ4v) is 4.53. The van der Waals surface area contributed by atoms with Crippen LogP contribution in [0.15, 0.2) is 36.5 Å². The number of aliphatic hydroxyl groups is 1. The number of hydrogen-bond donors (Lipinski definition) is 2. The van der Waals surface area contributed by atoms with E-state index in [9.17, 15) is 8.42 Å². The molecule has 1 fully saturated rings. The third-order valence-corrected chi connectivity index (χ3v) is 6.49. The highest BCUT2D eigenvalue weighted by molar-refractivity contribution is 7.89. The minimum Gasteiger partial charge on any atom is -0.395 e. The van der Waals surface area contributed by atoms with E-state index < -0.39 is 16.6 Å². The van der Waals surface area contributed by atoms with Gasteiger partial charge < -0.3 is 14.6 Å². The summed E-state index contributed by atoms with van der Waals surface area (Å²) >= 11 is 6.40. The van der Waals surface area contributed by atoms with E-state index in [-0.39, 0.29) is 11.8 Å². The molecule has 0 bridgehead atoms. The number of imidazole rings is 1. The van der Waals surface area contributed by atoms with Crippen LogP contribution >= 0.6 is 11.6 Å². The Labute approximate surface area is 167 Å². The highest BCUT2D eigenvalue weighted by Gasteiger charge is 2.31. The molecule has 1 aliphatic rings. The van der Waals surface area contributed by atoms with Crippen LogP contribution in [0.3, 0.4) is 0 Å². The second kappa shape index (κ2) is 7.32. The van der Waals surface area contributed by atoms with Gasteiger partial charge in [-0.3, -0.25) is 0 Å². The van der Waals surface area contributed by atoms with Crippen LogP contribution in [0.5, 0.6) is 0 Å². The number of hydrogen-bond acceptors (Lipinski definition) is 6. The third-order valence-electron chi connectivity index (χ3n) is 4.78. The second-order valence-electron chi connectivity index (χ2n) is 6.77. The van der Waals surface area contributed by atoms with Crippen LogP contribution < -0.4 is 9.62 Å². The molecule has 2 aromatic heterocycles. The van der Waals surface area contributed by atoms with Crippen molar-refractivity contribution in [1.29, 1.82) is 0 Å². The van der Waals surface area contributed by atoms with Crippen molar-refractivity contribution in [2.45, 2.75) is 6.04 Å². The minimum absolute atomic E-state index is 0.201. The fourth-order valence-electron chi connectivity index (χ4n) is 3.33. The van der Waals surface area contributed by atoms with Crippen LogP contribution in [-0.4, -0.2) is 59.6 Å². The summed E-state index contributed by atoms with van der Waals surface area (Å²) in [4.78, 5) is 11.0. The zero-order valence-electron chi connectivity index (χ0n) is 15.2. The molecule has 0 amide bonds. The van der Waals surface area contributed by atoms with Gasteiger partial charge in [-0.05, 0) is 18.2 Å². The molecule has 1 aromatic carbocycles. The van der Waals surface area contributed by atoms with Crippen LogP contribution in [0.4, 0.5) is 5.82 Å². The van der Waals surface area contributed by atoms with Crippen molar-refractivity contribution in [3.05, 3.63) is 41.6 Å². The number of para-hydroxylation sites is 2. The van der Waals surface area contributed by atoms with Crippen molar-refractivity contribution in [2.24, 2.45) is 7.05 Å². The lowest BCUT2D eigenvalue weighted by molar-refractivity contribution is 0.318. The van der Waals surface area contributed by atoms with E-state index in [2.05, 4.69) is 14.7 Å². The molecule has 28 heavy (non-hydrogen) atoms. The van der Waals surface area contributed by atoms with Gasteiger partial charge in [-0.25, -0.2) is 23.1 Å². The Morgan fingerprint density at radius 3 is 2.79 bits per heavy atom. The maximum Gasteiger partial charge on any atom is 0.214 e. The number of aromatic nitrogens is 3. The molecule has 8 nitrogen and oxygen atoms in total. The number of nitrogens with zero attached hydrogens (tertiary/aromatic N) is 4. The van der Waals surface area contributed by atoms with E-state index in [0.717, 1.165) is 22.4 Å². The van der Waals surface area contributed by atoms with Gasteiger partial charge in [0.25, 0.3) is 0 Å². The first-order valence-corrected chi connectivity index (χ1v) is 10.8. The molecule has 3 heterocycles. The summed E-state index contributed by atoms with van der Waals surface area (Å²) in [6, 6.07) is 9.53. The SMILES string of the molecule is Cn1c(-c2cc(N3CC(NS(=O)(=O)CCO)C3)ncc2Cl)nc2ccccc21. The zero-order valence-corrected chi connectivity index (χ0v) is 16.8. The number of fused-ring (bicyclic) bond motifs is 1. The molecule has 1 aliphatic heterocycles. The number of pyridine rings is 1. The lowest BCUT2D eigenvalue weighted by Gasteiger charge is -2.40. The molecule has 1 saturated heterocycles. The fraction of sp³-hybridized carbons (Fsp3) is 0.333. The van der Waals surface area contributed by atoms with Crippen molar-refractivity contribution in [1.82, 2.24) is 19.3 Å². The Kier molecular flexibility index (Phi) is 5.00. The van der Waals surface area contributed by atoms with Gasteiger partial charge in [-0.1, -0.05) is 23.7 Å². The third kappa shape index (κ3) is 3.58. The van der Waals surface area contributed by atoms with Gasteiger partial charge >= 0.3 is 0 Å². The Hall–Kier alpha value is -2.20. The molecule has 0 atom stereocenters. The number of rotatable bonds is 6. The van der Waals surface area contributed by atoms with Gasteiger partial charge in [0.05, 0.1) is 34.5 Å². The summed E-state index contributed by atoms with van der Waals surface area (Å²) < 4.78 is 28.1. The average Bonchev–Trinajstić information content (AvgIpc) is 2.96. The summed E-state index contributed by atoms with van der Waals surface area (Å²) in [6.07, 6.45) is 1.59. The number of benzene rings is 1. The van der Waals surface area contributed by atoms with Crippen LogP contribution in [0.25, 0.3) is 22.4 Å².